The predicted molar refractivity (Wildman–Crippen MR) is 63.0 cm³/mol. The van der Waals surface area contributed by atoms with Gasteiger partial charge in [0, 0.05) is 0 Å². The summed E-state index contributed by atoms with van der Waals surface area (Å²) in [7, 11) is -4.22. The number of halogens is 3. The van der Waals surface area contributed by atoms with Gasteiger partial charge >= 0.3 is 12.1 Å². The van der Waals surface area contributed by atoms with Crippen LogP contribution < -0.4 is 9.46 Å². The number of rotatable bonds is 6. The molecule has 1 aromatic carbocycles. The van der Waals surface area contributed by atoms with E-state index in [0.717, 1.165) is 12.1 Å². The minimum Gasteiger partial charge on any atom is -0.482 e. The maximum Gasteiger partial charge on any atom is 0.422 e. The monoisotopic (exact) mass is 313 g/mol. The van der Waals surface area contributed by atoms with Gasteiger partial charge in [-0.2, -0.15) is 13.2 Å². The lowest BCUT2D eigenvalue weighted by Gasteiger charge is -2.14. The maximum absolute atomic E-state index is 12.0. The summed E-state index contributed by atoms with van der Waals surface area (Å²) in [6.45, 7) is -1.59. The van der Waals surface area contributed by atoms with Gasteiger partial charge in [-0.3, -0.25) is 9.52 Å². The molecular weight excluding hydrogens is 303 g/mol. The molecular formula is C10H10F3NO5S. The van der Waals surface area contributed by atoms with Crippen molar-refractivity contribution in [2.75, 3.05) is 17.1 Å². The van der Waals surface area contributed by atoms with Gasteiger partial charge in [0.05, 0.1) is 5.69 Å². The number of carboxylic acid groups (broad SMARTS) is 1. The molecule has 0 aromatic heterocycles. The molecule has 6 nitrogen and oxygen atoms in total. The fraction of sp³-hybridized carbons (Fsp3) is 0.300. The molecule has 10 heteroatoms. The van der Waals surface area contributed by atoms with E-state index in [1.807, 2.05) is 4.72 Å². The predicted octanol–water partition coefficient (Wildman–Crippen LogP) is 1.45. The highest BCUT2D eigenvalue weighted by Crippen LogP contribution is 2.27. The zero-order chi connectivity index (χ0) is 15.4. The summed E-state index contributed by atoms with van der Waals surface area (Å²) < 4.78 is 65.2. The number of hydrogen-bond acceptors (Lipinski definition) is 4. The SMILES string of the molecule is O=C(O)CS(=O)(=O)Nc1ccccc1OCC(F)(F)F. The van der Waals surface area contributed by atoms with Gasteiger partial charge in [0.1, 0.15) is 5.75 Å². The van der Waals surface area contributed by atoms with Crippen LogP contribution in [-0.2, 0) is 14.8 Å². The minimum absolute atomic E-state index is 0.266. The molecule has 0 unspecified atom stereocenters. The number of hydrogen-bond donors (Lipinski definition) is 2. The van der Waals surface area contributed by atoms with Crippen molar-refractivity contribution >= 4 is 21.7 Å². The topological polar surface area (TPSA) is 92.7 Å². The summed E-state index contributed by atoms with van der Waals surface area (Å²) >= 11 is 0. The molecule has 0 aliphatic rings. The van der Waals surface area contributed by atoms with Gasteiger partial charge in [-0.15, -0.1) is 0 Å². The first-order valence-corrected chi connectivity index (χ1v) is 6.75. The second-order valence-corrected chi connectivity index (χ2v) is 5.38. The lowest BCUT2D eigenvalue weighted by atomic mass is 10.3. The normalized spacial score (nSPS) is 11.9. The first-order chi connectivity index (χ1) is 9.09. The molecule has 0 saturated heterocycles. The number of carbonyl (C=O) groups is 1. The minimum atomic E-state index is -4.58. The number of anilines is 1. The van der Waals surface area contributed by atoms with Gasteiger partial charge < -0.3 is 9.84 Å². The van der Waals surface area contributed by atoms with Gasteiger partial charge in [0.25, 0.3) is 0 Å². The van der Waals surface area contributed by atoms with Crippen LogP contribution in [0.15, 0.2) is 24.3 Å². The summed E-state index contributed by atoms with van der Waals surface area (Å²) in [6, 6.07) is 5.00. The number of para-hydroxylation sites is 2. The number of alkyl halides is 3. The van der Waals surface area contributed by atoms with Crippen molar-refractivity contribution < 1.29 is 36.2 Å². The van der Waals surface area contributed by atoms with Crippen molar-refractivity contribution in [2.24, 2.45) is 0 Å². The van der Waals surface area contributed by atoms with E-state index in [0.29, 0.717) is 0 Å². The lowest BCUT2D eigenvalue weighted by Crippen LogP contribution is -2.23. The molecule has 1 aromatic rings. The zero-order valence-corrected chi connectivity index (χ0v) is 10.7. The van der Waals surface area contributed by atoms with Crippen LogP contribution in [0.2, 0.25) is 0 Å². The Morgan fingerprint density at radius 1 is 1.30 bits per heavy atom. The van der Waals surface area contributed by atoms with Gasteiger partial charge in [-0.25, -0.2) is 8.42 Å². The Bertz CT molecular complexity index is 585. The highest BCUT2D eigenvalue weighted by molar-refractivity contribution is 7.93. The Morgan fingerprint density at radius 2 is 1.90 bits per heavy atom. The van der Waals surface area contributed by atoms with Crippen molar-refractivity contribution in [1.82, 2.24) is 0 Å². The molecule has 112 valence electrons. The van der Waals surface area contributed by atoms with Crippen LogP contribution in [0.1, 0.15) is 0 Å². The Kier molecular flexibility index (Phi) is 4.82. The van der Waals surface area contributed by atoms with Crippen LogP contribution in [-0.4, -0.2) is 38.0 Å². The molecule has 0 bridgehead atoms. The maximum atomic E-state index is 12.0. The molecule has 0 amide bonds. The van der Waals surface area contributed by atoms with E-state index in [1.54, 1.807) is 0 Å². The number of aliphatic carboxylic acids is 1. The van der Waals surface area contributed by atoms with Crippen molar-refractivity contribution in [3.63, 3.8) is 0 Å². The van der Waals surface area contributed by atoms with Crippen LogP contribution in [0.25, 0.3) is 0 Å². The fourth-order valence-corrected chi connectivity index (χ4v) is 2.10. The third kappa shape index (κ3) is 5.78. The van der Waals surface area contributed by atoms with E-state index in [1.165, 1.54) is 12.1 Å². The van der Waals surface area contributed by atoms with Crippen LogP contribution in [0.5, 0.6) is 5.75 Å². The molecule has 0 saturated carbocycles. The van der Waals surface area contributed by atoms with Gasteiger partial charge in [-0.05, 0) is 12.1 Å². The average molecular weight is 313 g/mol. The number of nitrogens with one attached hydrogen (secondary N) is 1. The molecule has 0 heterocycles. The molecule has 0 fully saturated rings. The Morgan fingerprint density at radius 3 is 2.45 bits per heavy atom. The van der Waals surface area contributed by atoms with E-state index < -0.39 is 34.5 Å². The highest BCUT2D eigenvalue weighted by atomic mass is 32.2. The van der Waals surface area contributed by atoms with Crippen LogP contribution in [0.4, 0.5) is 18.9 Å². The van der Waals surface area contributed by atoms with Crippen molar-refractivity contribution in [3.05, 3.63) is 24.3 Å². The van der Waals surface area contributed by atoms with Crippen LogP contribution in [0, 0.1) is 0 Å². The van der Waals surface area contributed by atoms with Gasteiger partial charge in [-0.1, -0.05) is 12.1 Å². The Balaban J connectivity index is 2.88. The Hall–Kier alpha value is -1.97. The highest BCUT2D eigenvalue weighted by Gasteiger charge is 2.29. The second-order valence-electron chi connectivity index (χ2n) is 3.65. The first-order valence-electron chi connectivity index (χ1n) is 5.10. The average Bonchev–Trinajstić information content (AvgIpc) is 2.24. The van der Waals surface area contributed by atoms with Crippen LogP contribution >= 0.6 is 0 Å². The quantitative estimate of drug-likeness (QED) is 0.829. The summed E-state index contributed by atoms with van der Waals surface area (Å²) in [5.74, 6) is -3.15. The number of sulfonamides is 1. The molecule has 0 radical (unpaired) electrons. The van der Waals surface area contributed by atoms with E-state index in [-0.39, 0.29) is 11.4 Å². The summed E-state index contributed by atoms with van der Waals surface area (Å²) in [4.78, 5) is 10.3. The van der Waals surface area contributed by atoms with Crippen LogP contribution in [0.3, 0.4) is 0 Å². The molecule has 20 heavy (non-hydrogen) atoms. The fourth-order valence-electron chi connectivity index (χ4n) is 1.20. The molecule has 0 atom stereocenters. The zero-order valence-electron chi connectivity index (χ0n) is 9.85. The Labute approximate surface area is 112 Å². The summed E-state index contributed by atoms with van der Waals surface area (Å²) in [5.41, 5.74) is -0.266. The van der Waals surface area contributed by atoms with Gasteiger partial charge in [0.15, 0.2) is 12.4 Å². The second kappa shape index (κ2) is 5.99. The molecule has 0 spiro atoms. The smallest absolute Gasteiger partial charge is 0.422 e. The number of benzene rings is 1. The van der Waals surface area contributed by atoms with Crippen molar-refractivity contribution in [3.8, 4) is 5.75 Å². The van der Waals surface area contributed by atoms with E-state index in [2.05, 4.69) is 4.74 Å². The number of carboxylic acids is 1. The van der Waals surface area contributed by atoms with E-state index in [9.17, 15) is 26.4 Å². The molecule has 0 aliphatic carbocycles. The standard InChI is InChI=1S/C10H10F3NO5S/c11-10(12,13)6-19-8-4-2-1-3-7(8)14-20(17,18)5-9(15)16/h1-4,14H,5-6H2,(H,15,16). The first kappa shape index (κ1) is 16.1. The lowest BCUT2D eigenvalue weighted by molar-refractivity contribution is -0.153. The molecule has 0 aliphatic heterocycles. The van der Waals surface area contributed by atoms with Gasteiger partial charge in [0.2, 0.25) is 10.0 Å². The third-order valence-corrected chi connectivity index (χ3v) is 3.02. The largest absolute Gasteiger partial charge is 0.482 e. The van der Waals surface area contributed by atoms with E-state index >= 15 is 0 Å². The van der Waals surface area contributed by atoms with E-state index in [4.69, 9.17) is 5.11 Å². The summed E-state index contributed by atoms with van der Waals surface area (Å²) in [5, 5.41) is 8.41. The summed E-state index contributed by atoms with van der Waals surface area (Å²) in [6.07, 6.45) is -4.58. The third-order valence-electron chi connectivity index (χ3n) is 1.86. The molecule has 1 rings (SSSR count). The van der Waals surface area contributed by atoms with Crippen molar-refractivity contribution in [1.29, 1.82) is 0 Å². The molecule has 2 N–H and O–H groups in total. The number of ether oxygens (including phenoxy) is 1. The van der Waals surface area contributed by atoms with Crippen molar-refractivity contribution in [2.45, 2.75) is 6.18 Å².